The molecule has 26 heavy (non-hydrogen) atoms. The Morgan fingerprint density at radius 3 is 2.27 bits per heavy atom. The van der Waals surface area contributed by atoms with Crippen molar-refractivity contribution in [2.45, 2.75) is 58.9 Å². The Labute approximate surface area is 165 Å². The van der Waals surface area contributed by atoms with Gasteiger partial charge in [-0.2, -0.15) is 0 Å². The fourth-order valence-electron chi connectivity index (χ4n) is 3.15. The minimum absolute atomic E-state index is 0.0145. The average molecular weight is 386 g/mol. The number of hydrogen-bond acceptors (Lipinski definition) is 3. The van der Waals surface area contributed by atoms with Gasteiger partial charge in [0.2, 0.25) is 0 Å². The lowest BCUT2D eigenvalue weighted by Gasteiger charge is -2.27. The van der Waals surface area contributed by atoms with E-state index in [0.29, 0.717) is 12.3 Å². The molecule has 4 heteroatoms. The monoisotopic (exact) mass is 385 g/mol. The molecule has 2 nitrogen and oxygen atoms in total. The first-order chi connectivity index (χ1) is 12.0. The summed E-state index contributed by atoms with van der Waals surface area (Å²) in [6.45, 7) is 13.6. The first-order valence-corrected chi connectivity index (χ1v) is 10.2. The van der Waals surface area contributed by atoms with Gasteiger partial charge in [-0.25, -0.2) is 0 Å². The van der Waals surface area contributed by atoms with Crippen molar-refractivity contribution in [3.05, 3.63) is 57.0 Å². The van der Waals surface area contributed by atoms with Gasteiger partial charge in [-0.15, -0.1) is 11.3 Å². The predicted molar refractivity (Wildman–Crippen MR) is 115 cm³/mol. The van der Waals surface area contributed by atoms with Crippen LogP contribution in [-0.2, 0) is 17.4 Å². The van der Waals surface area contributed by atoms with Gasteiger partial charge in [0.05, 0.1) is 16.8 Å². The van der Waals surface area contributed by atoms with Gasteiger partial charge in [0.1, 0.15) is 5.75 Å². The van der Waals surface area contributed by atoms with E-state index in [0.717, 1.165) is 20.6 Å². The minimum Gasteiger partial charge on any atom is -0.507 e. The number of benzene rings is 2. The van der Waals surface area contributed by atoms with Crippen molar-refractivity contribution < 1.29 is 5.11 Å². The van der Waals surface area contributed by atoms with Crippen LogP contribution < -0.4 is 0 Å². The molecule has 2 aromatic carbocycles. The first-order valence-electron chi connectivity index (χ1n) is 8.94. The second-order valence-corrected chi connectivity index (χ2v) is 10.6. The van der Waals surface area contributed by atoms with Crippen LogP contribution in [-0.4, -0.2) is 9.67 Å². The van der Waals surface area contributed by atoms with Crippen LogP contribution in [0.1, 0.15) is 58.2 Å². The van der Waals surface area contributed by atoms with Gasteiger partial charge in [-0.1, -0.05) is 59.7 Å². The number of rotatable bonds is 2. The van der Waals surface area contributed by atoms with Crippen LogP contribution >= 0.6 is 23.6 Å². The lowest BCUT2D eigenvalue weighted by Crippen LogP contribution is -2.18. The zero-order valence-corrected chi connectivity index (χ0v) is 18.0. The number of para-hydroxylation sites is 1. The van der Waals surface area contributed by atoms with Crippen molar-refractivity contribution in [2.24, 2.45) is 0 Å². The van der Waals surface area contributed by atoms with E-state index in [9.17, 15) is 5.11 Å². The molecule has 0 spiro atoms. The molecule has 0 aliphatic rings. The zero-order valence-electron chi connectivity index (χ0n) is 16.4. The Kier molecular flexibility index (Phi) is 4.78. The average Bonchev–Trinajstić information content (AvgIpc) is 2.83. The van der Waals surface area contributed by atoms with Crippen molar-refractivity contribution in [3.63, 3.8) is 0 Å². The molecule has 0 fully saturated rings. The number of aromatic nitrogens is 1. The number of fused-ring (bicyclic) bond motifs is 1. The summed E-state index contributed by atoms with van der Waals surface area (Å²) in [4.78, 5) is 0. The van der Waals surface area contributed by atoms with E-state index in [-0.39, 0.29) is 10.8 Å². The van der Waals surface area contributed by atoms with Crippen LogP contribution in [0.4, 0.5) is 0 Å². The molecule has 0 radical (unpaired) electrons. The second-order valence-electron chi connectivity index (χ2n) is 8.95. The molecule has 0 amide bonds. The molecule has 138 valence electrons. The highest BCUT2D eigenvalue weighted by Crippen LogP contribution is 2.38. The largest absolute Gasteiger partial charge is 0.507 e. The second kappa shape index (κ2) is 6.50. The summed E-state index contributed by atoms with van der Waals surface area (Å²) in [6.07, 6.45) is 0. The highest BCUT2D eigenvalue weighted by molar-refractivity contribution is 7.73. The number of aromatic hydroxyl groups is 1. The molecule has 3 rings (SSSR count). The zero-order chi connectivity index (χ0) is 19.3. The molecule has 1 aromatic heterocycles. The molecule has 0 bridgehead atoms. The summed E-state index contributed by atoms with van der Waals surface area (Å²) in [6, 6.07) is 12.6. The SMILES string of the molecule is CC(C)(C)c1cc(Cn2c(=S)sc3ccccc32)c(O)c(C(C)(C)C)c1. The summed E-state index contributed by atoms with van der Waals surface area (Å²) in [5.41, 5.74) is 4.17. The third-order valence-electron chi connectivity index (χ3n) is 4.77. The molecule has 1 heterocycles. The number of phenols is 1. The Hall–Kier alpha value is -1.65. The normalized spacial score (nSPS) is 12.7. The Balaban J connectivity index is 2.21. The fourth-order valence-corrected chi connectivity index (χ4v) is 4.48. The van der Waals surface area contributed by atoms with Gasteiger partial charge in [0.25, 0.3) is 0 Å². The quantitative estimate of drug-likeness (QED) is 0.492. The van der Waals surface area contributed by atoms with Gasteiger partial charge < -0.3 is 9.67 Å². The first kappa shape index (κ1) is 19.1. The Morgan fingerprint density at radius 2 is 1.65 bits per heavy atom. The van der Waals surface area contributed by atoms with E-state index in [1.807, 2.05) is 12.1 Å². The summed E-state index contributed by atoms with van der Waals surface area (Å²) < 4.78 is 4.15. The predicted octanol–water partition coefficient (Wildman–Crippen LogP) is 6.78. The van der Waals surface area contributed by atoms with Gasteiger partial charge in [0.15, 0.2) is 3.95 Å². The standard InChI is InChI=1S/C22H27NOS2/c1-21(2,3)15-11-14(19(24)16(12-15)22(4,5)6)13-23-17-9-7-8-10-18(17)26-20(23)25/h7-12,24H,13H2,1-6H3. The van der Waals surface area contributed by atoms with E-state index in [1.54, 1.807) is 11.3 Å². The third-order valence-corrected chi connectivity index (χ3v) is 6.20. The third kappa shape index (κ3) is 3.58. The minimum atomic E-state index is -0.127. The van der Waals surface area contributed by atoms with Crippen LogP contribution in [0.25, 0.3) is 10.2 Å². The van der Waals surface area contributed by atoms with Gasteiger partial charge in [0, 0.05) is 5.56 Å². The molecule has 3 aromatic rings. The van der Waals surface area contributed by atoms with Crippen LogP contribution in [0.2, 0.25) is 0 Å². The van der Waals surface area contributed by atoms with Crippen molar-refractivity contribution in [3.8, 4) is 5.75 Å². The molecular formula is C22H27NOS2. The molecule has 1 N–H and O–H groups in total. The topological polar surface area (TPSA) is 25.2 Å². The van der Waals surface area contributed by atoms with E-state index in [2.05, 4.69) is 70.4 Å². The van der Waals surface area contributed by atoms with E-state index >= 15 is 0 Å². The van der Waals surface area contributed by atoms with Crippen molar-refractivity contribution >= 4 is 33.8 Å². The van der Waals surface area contributed by atoms with Crippen molar-refractivity contribution in [1.29, 1.82) is 0 Å². The Morgan fingerprint density at radius 1 is 1.00 bits per heavy atom. The summed E-state index contributed by atoms with van der Waals surface area (Å²) in [7, 11) is 0. The van der Waals surface area contributed by atoms with Crippen LogP contribution in [0.15, 0.2) is 36.4 Å². The van der Waals surface area contributed by atoms with Crippen molar-refractivity contribution in [2.75, 3.05) is 0 Å². The number of phenolic OH excluding ortho intramolecular Hbond substituents is 1. The molecule has 0 saturated carbocycles. The number of hydrogen-bond donors (Lipinski definition) is 1. The lowest BCUT2D eigenvalue weighted by atomic mass is 9.79. The molecule has 0 saturated heterocycles. The van der Waals surface area contributed by atoms with Crippen LogP contribution in [0.5, 0.6) is 5.75 Å². The molecule has 0 aliphatic carbocycles. The van der Waals surface area contributed by atoms with Gasteiger partial charge >= 0.3 is 0 Å². The number of thiazole rings is 1. The molecule has 0 aliphatic heterocycles. The maximum atomic E-state index is 11.0. The smallest absolute Gasteiger partial charge is 0.162 e. The van der Waals surface area contributed by atoms with E-state index < -0.39 is 0 Å². The van der Waals surface area contributed by atoms with E-state index in [4.69, 9.17) is 12.2 Å². The molecular weight excluding hydrogens is 358 g/mol. The van der Waals surface area contributed by atoms with Crippen LogP contribution in [0.3, 0.4) is 0 Å². The lowest BCUT2D eigenvalue weighted by molar-refractivity contribution is 0.436. The summed E-state index contributed by atoms with van der Waals surface area (Å²) in [5, 5.41) is 11.0. The maximum Gasteiger partial charge on any atom is 0.162 e. The Bertz CT molecular complexity index is 1010. The van der Waals surface area contributed by atoms with Crippen LogP contribution in [0, 0.1) is 3.95 Å². The van der Waals surface area contributed by atoms with Crippen molar-refractivity contribution in [1.82, 2.24) is 4.57 Å². The summed E-state index contributed by atoms with van der Waals surface area (Å²) >= 11 is 7.23. The highest BCUT2D eigenvalue weighted by atomic mass is 32.1. The number of nitrogens with zero attached hydrogens (tertiary/aromatic N) is 1. The molecule has 0 unspecified atom stereocenters. The fraction of sp³-hybridized carbons (Fsp3) is 0.409. The van der Waals surface area contributed by atoms with Gasteiger partial charge in [-0.3, -0.25) is 0 Å². The van der Waals surface area contributed by atoms with Gasteiger partial charge in [-0.05, 0) is 52.4 Å². The summed E-state index contributed by atoms with van der Waals surface area (Å²) in [5.74, 6) is 0.391. The maximum absolute atomic E-state index is 11.0. The van der Waals surface area contributed by atoms with E-state index in [1.165, 1.54) is 10.3 Å². The molecule has 0 atom stereocenters. The highest BCUT2D eigenvalue weighted by Gasteiger charge is 2.25.